The van der Waals surface area contributed by atoms with Gasteiger partial charge in [0.1, 0.15) is 0 Å². The number of rotatable bonds is 3. The Balaban J connectivity index is 2.10. The van der Waals surface area contributed by atoms with Crippen LogP contribution in [-0.4, -0.2) is 12.2 Å². The zero-order chi connectivity index (χ0) is 6.85. The Morgan fingerprint density at radius 1 is 1.44 bits per heavy atom. The second-order valence-corrected chi connectivity index (χ2v) is 3.18. The minimum absolute atomic E-state index is 0.255. The van der Waals surface area contributed by atoms with E-state index in [1.807, 2.05) is 0 Å². The van der Waals surface area contributed by atoms with Crippen molar-refractivity contribution in [1.29, 1.82) is 0 Å². The van der Waals surface area contributed by atoms with Gasteiger partial charge in [0, 0.05) is 6.04 Å². The molecular formula is C7H16N2. The Kier molecular flexibility index (Phi) is 2.09. The van der Waals surface area contributed by atoms with Crippen molar-refractivity contribution in [1.82, 2.24) is 5.32 Å². The molecule has 0 saturated heterocycles. The highest BCUT2D eigenvalue weighted by Gasteiger charge is 2.28. The first-order chi connectivity index (χ1) is 4.20. The molecule has 1 fully saturated rings. The maximum Gasteiger partial charge on any atom is 0.0577 e. The Morgan fingerprint density at radius 3 is 2.33 bits per heavy atom. The molecule has 2 heteroatoms. The van der Waals surface area contributed by atoms with Gasteiger partial charge in [0.15, 0.2) is 0 Å². The molecule has 0 radical (unpaired) electrons. The number of nitrogens with two attached hydrogens (primary N) is 1. The van der Waals surface area contributed by atoms with E-state index < -0.39 is 0 Å². The van der Waals surface area contributed by atoms with E-state index in [-0.39, 0.29) is 6.17 Å². The van der Waals surface area contributed by atoms with Crippen LogP contribution in [0.1, 0.15) is 26.7 Å². The van der Waals surface area contributed by atoms with Crippen LogP contribution in [0.4, 0.5) is 0 Å². The smallest absolute Gasteiger partial charge is 0.0577 e. The van der Waals surface area contributed by atoms with Gasteiger partial charge in [-0.25, -0.2) is 0 Å². The van der Waals surface area contributed by atoms with E-state index >= 15 is 0 Å². The van der Waals surface area contributed by atoms with Gasteiger partial charge in [-0.05, 0) is 32.6 Å². The maximum atomic E-state index is 5.77. The van der Waals surface area contributed by atoms with Gasteiger partial charge in [-0.15, -0.1) is 0 Å². The van der Waals surface area contributed by atoms with Crippen molar-refractivity contribution in [3.63, 3.8) is 0 Å². The first kappa shape index (κ1) is 7.03. The lowest BCUT2D eigenvalue weighted by Crippen LogP contribution is -2.43. The van der Waals surface area contributed by atoms with Gasteiger partial charge in [-0.1, -0.05) is 0 Å². The standard InChI is InChI=1S/C7H16N2/c1-5(2)9-7(8)6-3-4-6/h5-7,9H,3-4,8H2,1-2H3/t7-/m1/s1. The van der Waals surface area contributed by atoms with E-state index in [0.29, 0.717) is 6.04 Å². The topological polar surface area (TPSA) is 38.0 Å². The van der Waals surface area contributed by atoms with E-state index in [2.05, 4.69) is 19.2 Å². The van der Waals surface area contributed by atoms with Gasteiger partial charge >= 0.3 is 0 Å². The van der Waals surface area contributed by atoms with Gasteiger partial charge in [0.05, 0.1) is 6.17 Å². The predicted octanol–water partition coefficient (Wildman–Crippen LogP) is 0.679. The van der Waals surface area contributed by atoms with Crippen molar-refractivity contribution in [2.45, 2.75) is 38.9 Å². The third-order valence-corrected chi connectivity index (χ3v) is 1.66. The molecule has 0 amide bonds. The van der Waals surface area contributed by atoms with Crippen molar-refractivity contribution < 1.29 is 0 Å². The summed E-state index contributed by atoms with van der Waals surface area (Å²) >= 11 is 0. The summed E-state index contributed by atoms with van der Waals surface area (Å²) in [5, 5.41) is 3.28. The van der Waals surface area contributed by atoms with Crippen LogP contribution in [0, 0.1) is 5.92 Å². The fraction of sp³-hybridized carbons (Fsp3) is 1.00. The number of nitrogens with one attached hydrogen (secondary N) is 1. The third-order valence-electron chi connectivity index (χ3n) is 1.66. The normalized spacial score (nSPS) is 22.7. The van der Waals surface area contributed by atoms with Gasteiger partial charge in [-0.2, -0.15) is 0 Å². The molecule has 1 atom stereocenters. The summed E-state index contributed by atoms with van der Waals surface area (Å²) in [6, 6.07) is 0.528. The molecule has 0 aromatic heterocycles. The van der Waals surface area contributed by atoms with E-state index in [1.54, 1.807) is 0 Å². The lowest BCUT2D eigenvalue weighted by atomic mass is 10.3. The molecule has 2 nitrogen and oxygen atoms in total. The van der Waals surface area contributed by atoms with Crippen LogP contribution in [0.2, 0.25) is 0 Å². The van der Waals surface area contributed by atoms with Crippen LogP contribution < -0.4 is 11.1 Å². The number of hydrogen-bond acceptors (Lipinski definition) is 2. The summed E-state index contributed by atoms with van der Waals surface area (Å²) in [6.45, 7) is 4.25. The van der Waals surface area contributed by atoms with Crippen LogP contribution >= 0.6 is 0 Å². The van der Waals surface area contributed by atoms with Crippen LogP contribution in [0.3, 0.4) is 0 Å². The van der Waals surface area contributed by atoms with E-state index in [1.165, 1.54) is 12.8 Å². The average molecular weight is 128 g/mol. The molecule has 1 aliphatic rings. The Bertz CT molecular complexity index is 86.9. The summed E-state index contributed by atoms with van der Waals surface area (Å²) in [4.78, 5) is 0. The maximum absolute atomic E-state index is 5.77. The monoisotopic (exact) mass is 128 g/mol. The lowest BCUT2D eigenvalue weighted by molar-refractivity contribution is 0.434. The van der Waals surface area contributed by atoms with Gasteiger partial charge < -0.3 is 5.73 Å². The fourth-order valence-electron chi connectivity index (χ4n) is 0.976. The molecule has 0 bridgehead atoms. The molecular weight excluding hydrogens is 112 g/mol. The molecule has 1 aliphatic carbocycles. The fourth-order valence-corrected chi connectivity index (χ4v) is 0.976. The van der Waals surface area contributed by atoms with Crippen LogP contribution in [0.5, 0.6) is 0 Å². The SMILES string of the molecule is CC(C)N[C@@H](N)C1CC1. The van der Waals surface area contributed by atoms with E-state index in [9.17, 15) is 0 Å². The molecule has 1 rings (SSSR count). The highest BCUT2D eigenvalue weighted by Crippen LogP contribution is 2.30. The molecule has 54 valence electrons. The first-order valence-corrected chi connectivity index (χ1v) is 3.72. The highest BCUT2D eigenvalue weighted by atomic mass is 15.1. The molecule has 0 aromatic carbocycles. The molecule has 0 aliphatic heterocycles. The second-order valence-electron chi connectivity index (χ2n) is 3.18. The van der Waals surface area contributed by atoms with Gasteiger partial charge in [0.2, 0.25) is 0 Å². The van der Waals surface area contributed by atoms with Crippen molar-refractivity contribution in [2.75, 3.05) is 0 Å². The summed E-state index contributed by atoms with van der Waals surface area (Å²) < 4.78 is 0. The zero-order valence-electron chi connectivity index (χ0n) is 6.22. The summed E-state index contributed by atoms with van der Waals surface area (Å²) in [7, 11) is 0. The second kappa shape index (κ2) is 2.67. The Labute approximate surface area is 56.8 Å². The quantitative estimate of drug-likeness (QED) is 0.548. The van der Waals surface area contributed by atoms with Crippen molar-refractivity contribution in [2.24, 2.45) is 11.7 Å². The molecule has 3 N–H and O–H groups in total. The molecule has 1 saturated carbocycles. The summed E-state index contributed by atoms with van der Waals surface area (Å²) in [6.07, 6.45) is 2.90. The lowest BCUT2D eigenvalue weighted by Gasteiger charge is -2.15. The van der Waals surface area contributed by atoms with Crippen molar-refractivity contribution >= 4 is 0 Å². The zero-order valence-corrected chi connectivity index (χ0v) is 6.22. The third kappa shape index (κ3) is 2.33. The largest absolute Gasteiger partial charge is 0.316 e. The minimum Gasteiger partial charge on any atom is -0.316 e. The van der Waals surface area contributed by atoms with Crippen molar-refractivity contribution in [3.05, 3.63) is 0 Å². The predicted molar refractivity (Wildman–Crippen MR) is 39.0 cm³/mol. The van der Waals surface area contributed by atoms with Crippen LogP contribution in [0.15, 0.2) is 0 Å². The number of hydrogen-bond donors (Lipinski definition) is 2. The first-order valence-electron chi connectivity index (χ1n) is 3.72. The van der Waals surface area contributed by atoms with Gasteiger partial charge in [0.25, 0.3) is 0 Å². The Hall–Kier alpha value is -0.0800. The van der Waals surface area contributed by atoms with Crippen molar-refractivity contribution in [3.8, 4) is 0 Å². The molecule has 9 heavy (non-hydrogen) atoms. The molecule has 0 spiro atoms. The highest BCUT2D eigenvalue weighted by molar-refractivity contribution is 4.82. The van der Waals surface area contributed by atoms with E-state index in [0.717, 1.165) is 5.92 Å². The summed E-state index contributed by atoms with van der Waals surface area (Å²) in [5.74, 6) is 0.771. The summed E-state index contributed by atoms with van der Waals surface area (Å²) in [5.41, 5.74) is 5.77. The molecule has 0 heterocycles. The molecule has 0 unspecified atom stereocenters. The Morgan fingerprint density at radius 2 is 2.00 bits per heavy atom. The van der Waals surface area contributed by atoms with Crippen LogP contribution in [0.25, 0.3) is 0 Å². The van der Waals surface area contributed by atoms with Gasteiger partial charge in [-0.3, -0.25) is 5.32 Å². The minimum atomic E-state index is 0.255. The van der Waals surface area contributed by atoms with E-state index in [4.69, 9.17) is 5.73 Å². The average Bonchev–Trinajstić information content (AvgIpc) is 2.40. The van der Waals surface area contributed by atoms with Crippen LogP contribution in [-0.2, 0) is 0 Å². The molecule has 0 aromatic rings.